The predicted molar refractivity (Wildman–Crippen MR) is 107 cm³/mol. The number of amidine groups is 1. The maximum atomic E-state index is 4.56. The summed E-state index contributed by atoms with van der Waals surface area (Å²) in [6, 6.07) is 36.7. The quantitative estimate of drug-likeness (QED) is 0.311. The molecule has 2 nitrogen and oxygen atoms in total. The summed E-state index contributed by atoms with van der Waals surface area (Å²) in [6.45, 7) is 1.89. The molecule has 5 rings (SSSR count). The van der Waals surface area contributed by atoms with E-state index in [0.29, 0.717) is 0 Å². The Morgan fingerprint density at radius 1 is 0.704 bits per heavy atom. The molecule has 0 aromatic heterocycles. The van der Waals surface area contributed by atoms with E-state index in [2.05, 4.69) is 58.4 Å². The molecule has 1 aliphatic heterocycles. The molecule has 27 heavy (non-hydrogen) atoms. The van der Waals surface area contributed by atoms with Gasteiger partial charge in [-0.1, -0.05) is 5.69 Å². The number of hydrogen-bond donors (Lipinski definition) is 0. The molecule has 0 fully saturated rings. The fourth-order valence-electron chi connectivity index (χ4n) is 2.65. The van der Waals surface area contributed by atoms with Gasteiger partial charge < -0.3 is 9.89 Å². The van der Waals surface area contributed by atoms with Crippen molar-refractivity contribution in [1.29, 1.82) is 0 Å². The standard InChI is InChI=1S/C13H12N2.2C5H5.2Fe/c1-2-6-11(5-1)13-14-9-10-15(13)12-7-3-4-8-12;2*1-2-4-5-3-1;;/h1-8H,9-10H2;2*1-5H;;/q-2;2*-1;;. The smallest absolute Gasteiger partial charge is 0.0458 e. The largest absolute Gasteiger partial charge is 0.414 e. The summed E-state index contributed by atoms with van der Waals surface area (Å²) in [5.74, 6) is 1.10. The van der Waals surface area contributed by atoms with Gasteiger partial charge in [0.05, 0.1) is 0 Å². The van der Waals surface area contributed by atoms with Crippen LogP contribution in [-0.2, 0) is 34.1 Å². The molecule has 0 saturated heterocycles. The Bertz CT molecular complexity index is 735. The van der Waals surface area contributed by atoms with Crippen LogP contribution in [0, 0.1) is 0 Å². The van der Waals surface area contributed by atoms with Gasteiger partial charge in [-0.25, -0.2) is 36.4 Å². The Kier molecular flexibility index (Phi) is 11.2. The van der Waals surface area contributed by atoms with Gasteiger partial charge in [-0.15, -0.1) is 17.7 Å². The van der Waals surface area contributed by atoms with Gasteiger partial charge >= 0.3 is 0 Å². The summed E-state index contributed by atoms with van der Waals surface area (Å²) in [7, 11) is 0. The van der Waals surface area contributed by atoms with Crippen molar-refractivity contribution in [3.8, 4) is 0 Å². The van der Waals surface area contributed by atoms with Gasteiger partial charge in [-0.05, 0) is 0 Å². The molecule has 1 aliphatic rings. The number of nitrogens with zero attached hydrogens (tertiary/aromatic N) is 2. The van der Waals surface area contributed by atoms with Gasteiger partial charge in [0, 0.05) is 53.1 Å². The topological polar surface area (TPSA) is 15.6 Å². The van der Waals surface area contributed by atoms with Gasteiger partial charge in [0.2, 0.25) is 0 Å². The minimum absolute atomic E-state index is 0. The first kappa shape index (κ1) is 22.9. The monoisotopic (exact) mass is 438 g/mol. The van der Waals surface area contributed by atoms with Crippen LogP contribution in [0.5, 0.6) is 0 Å². The summed E-state index contributed by atoms with van der Waals surface area (Å²) in [5, 5.41) is 0. The molecule has 0 N–H and O–H groups in total. The zero-order valence-corrected chi connectivity index (χ0v) is 17.1. The second-order valence-electron chi connectivity index (χ2n) is 5.60. The fourth-order valence-corrected chi connectivity index (χ4v) is 2.65. The maximum Gasteiger partial charge on any atom is 0.0458 e. The van der Waals surface area contributed by atoms with Crippen molar-refractivity contribution in [3.63, 3.8) is 0 Å². The Labute approximate surface area is 183 Å². The minimum atomic E-state index is 0. The third kappa shape index (κ3) is 7.21. The number of hydrogen-bond acceptors (Lipinski definition) is 2. The molecule has 0 spiro atoms. The van der Waals surface area contributed by atoms with E-state index in [-0.39, 0.29) is 34.1 Å². The van der Waals surface area contributed by atoms with E-state index in [0.717, 1.165) is 18.9 Å². The second-order valence-corrected chi connectivity index (χ2v) is 5.60. The molecule has 1 heterocycles. The Morgan fingerprint density at radius 3 is 1.63 bits per heavy atom. The van der Waals surface area contributed by atoms with Crippen LogP contribution in [0.1, 0.15) is 5.56 Å². The van der Waals surface area contributed by atoms with E-state index >= 15 is 0 Å². The Morgan fingerprint density at radius 2 is 1.19 bits per heavy atom. The average Bonchev–Trinajstić information content (AvgIpc) is 3.51. The fraction of sp³-hybridized carbons (Fsp3) is 0.0870. The first-order valence-corrected chi connectivity index (χ1v) is 8.54. The number of anilines is 1. The van der Waals surface area contributed by atoms with Gasteiger partial charge in [0.15, 0.2) is 0 Å². The van der Waals surface area contributed by atoms with E-state index in [1.165, 1.54) is 11.3 Å². The second kappa shape index (κ2) is 13.1. The molecule has 0 bridgehead atoms. The molecule has 0 atom stereocenters. The molecule has 4 aromatic carbocycles. The molecule has 0 unspecified atom stereocenters. The van der Waals surface area contributed by atoms with Crippen LogP contribution >= 0.6 is 0 Å². The summed E-state index contributed by atoms with van der Waals surface area (Å²) >= 11 is 0. The summed E-state index contributed by atoms with van der Waals surface area (Å²) in [6.07, 6.45) is 0. The van der Waals surface area contributed by atoms with Crippen molar-refractivity contribution in [1.82, 2.24) is 0 Å². The van der Waals surface area contributed by atoms with Crippen LogP contribution in [0.4, 0.5) is 5.69 Å². The molecule has 0 radical (unpaired) electrons. The average molecular weight is 438 g/mol. The van der Waals surface area contributed by atoms with Crippen LogP contribution in [0.2, 0.25) is 0 Å². The summed E-state index contributed by atoms with van der Waals surface area (Å²) < 4.78 is 0. The van der Waals surface area contributed by atoms with Crippen LogP contribution in [0.3, 0.4) is 0 Å². The first-order valence-electron chi connectivity index (χ1n) is 8.54. The normalized spacial score (nSPS) is 11.7. The van der Waals surface area contributed by atoms with Crippen molar-refractivity contribution in [2.24, 2.45) is 4.99 Å². The third-order valence-electron chi connectivity index (χ3n) is 3.83. The molecule has 0 saturated carbocycles. The molecular weight excluding hydrogens is 416 g/mol. The van der Waals surface area contributed by atoms with E-state index in [4.69, 9.17) is 0 Å². The molecule has 0 amide bonds. The molecule has 144 valence electrons. The summed E-state index contributed by atoms with van der Waals surface area (Å²) in [5.41, 5.74) is 2.46. The van der Waals surface area contributed by atoms with E-state index in [1.807, 2.05) is 60.7 Å². The van der Waals surface area contributed by atoms with Gasteiger partial charge in [0.25, 0.3) is 0 Å². The molecular formula is C23H22Fe2N2-4. The van der Waals surface area contributed by atoms with Crippen LogP contribution in [0.15, 0.2) is 114 Å². The molecule has 4 aromatic rings. The summed E-state index contributed by atoms with van der Waals surface area (Å²) in [4.78, 5) is 6.83. The SMILES string of the molecule is [Fe].[Fe].c1cc[c-](C2=NCCN2[c-]2cccc2)c1.c1cc[cH-]c1.c1cc[cH-]c1. The van der Waals surface area contributed by atoms with Gasteiger partial charge in [0.1, 0.15) is 0 Å². The van der Waals surface area contributed by atoms with Crippen LogP contribution < -0.4 is 4.90 Å². The van der Waals surface area contributed by atoms with Crippen LogP contribution in [0.25, 0.3) is 0 Å². The Hall–Kier alpha value is -2.09. The third-order valence-corrected chi connectivity index (χ3v) is 3.83. The predicted octanol–water partition coefficient (Wildman–Crippen LogP) is 5.20. The van der Waals surface area contributed by atoms with Gasteiger partial charge in [-0.3, -0.25) is 0 Å². The zero-order valence-electron chi connectivity index (χ0n) is 14.9. The van der Waals surface area contributed by atoms with Crippen molar-refractivity contribution >= 4 is 11.5 Å². The number of rotatable bonds is 2. The first-order chi connectivity index (χ1) is 12.4. The van der Waals surface area contributed by atoms with Crippen LogP contribution in [-0.4, -0.2) is 18.9 Å². The van der Waals surface area contributed by atoms with Crippen molar-refractivity contribution < 1.29 is 34.1 Å². The van der Waals surface area contributed by atoms with Crippen molar-refractivity contribution in [3.05, 3.63) is 115 Å². The van der Waals surface area contributed by atoms with E-state index in [9.17, 15) is 0 Å². The van der Waals surface area contributed by atoms with E-state index < -0.39 is 0 Å². The van der Waals surface area contributed by atoms with E-state index in [1.54, 1.807) is 0 Å². The van der Waals surface area contributed by atoms with Crippen molar-refractivity contribution in [2.75, 3.05) is 18.0 Å². The van der Waals surface area contributed by atoms with Crippen molar-refractivity contribution in [2.45, 2.75) is 0 Å². The maximum absolute atomic E-state index is 4.56. The minimum Gasteiger partial charge on any atom is -0.414 e. The molecule has 0 aliphatic carbocycles. The Balaban J connectivity index is 0.000000253. The molecule has 4 heteroatoms. The number of aliphatic imine (C=N–C) groups is 1. The zero-order chi connectivity index (χ0) is 17.2. The van der Waals surface area contributed by atoms with Gasteiger partial charge in [-0.2, -0.15) is 60.7 Å².